The molecule has 0 unspecified atom stereocenters. The molecule has 1 amide bonds. The van der Waals surface area contributed by atoms with Gasteiger partial charge in [-0.25, -0.2) is 9.07 Å². The number of hydrogen-bond acceptors (Lipinski definition) is 4. The summed E-state index contributed by atoms with van der Waals surface area (Å²) in [4.78, 5) is 13.5. The van der Waals surface area contributed by atoms with Crippen molar-refractivity contribution in [3.63, 3.8) is 0 Å². The maximum atomic E-state index is 13.7. The lowest BCUT2D eigenvalue weighted by Gasteiger charge is -2.26. The van der Waals surface area contributed by atoms with Gasteiger partial charge < -0.3 is 10.2 Å². The molecule has 0 bridgehead atoms. The number of amides is 1. The minimum Gasteiger partial charge on any atom is -0.312 e. The summed E-state index contributed by atoms with van der Waals surface area (Å²) in [7, 11) is 1.52. The lowest BCUT2D eigenvalue weighted by molar-refractivity contribution is 0.0987. The van der Waals surface area contributed by atoms with Crippen LogP contribution >= 0.6 is 0 Å². The highest BCUT2D eigenvalue weighted by Crippen LogP contribution is 2.19. The number of halogens is 1. The molecular weight excluding hydrogens is 261 g/mol. The van der Waals surface area contributed by atoms with Gasteiger partial charge >= 0.3 is 0 Å². The summed E-state index contributed by atoms with van der Waals surface area (Å²) in [6, 6.07) is 6.36. The van der Waals surface area contributed by atoms with Gasteiger partial charge in [-0.3, -0.25) is 4.79 Å². The van der Waals surface area contributed by atoms with Gasteiger partial charge in [0.25, 0.3) is 5.91 Å². The normalized spacial score (nSPS) is 14.9. The third-order valence-electron chi connectivity index (χ3n) is 3.38. The van der Waals surface area contributed by atoms with Crippen molar-refractivity contribution in [2.75, 3.05) is 25.0 Å². The van der Waals surface area contributed by atoms with Crippen molar-refractivity contribution in [3.05, 3.63) is 42.0 Å². The van der Waals surface area contributed by atoms with E-state index in [9.17, 15) is 9.18 Å². The number of hydrogen-bond donors (Lipinski definition) is 1. The number of aromatic nitrogens is 3. The van der Waals surface area contributed by atoms with Gasteiger partial charge in [-0.1, -0.05) is 17.3 Å². The van der Waals surface area contributed by atoms with E-state index in [1.807, 2.05) is 0 Å². The molecule has 0 atom stereocenters. The topological polar surface area (TPSA) is 63.1 Å². The molecule has 1 aliphatic heterocycles. The second kappa shape index (κ2) is 5.01. The summed E-state index contributed by atoms with van der Waals surface area (Å²) >= 11 is 0. The molecule has 3 rings (SSSR count). The van der Waals surface area contributed by atoms with Crippen LogP contribution in [0, 0.1) is 5.82 Å². The second-order valence-corrected chi connectivity index (χ2v) is 4.71. The molecule has 0 radical (unpaired) electrons. The van der Waals surface area contributed by atoms with Crippen molar-refractivity contribution in [3.8, 4) is 0 Å². The Kier molecular flexibility index (Phi) is 3.19. The predicted molar refractivity (Wildman–Crippen MR) is 71.1 cm³/mol. The van der Waals surface area contributed by atoms with Crippen molar-refractivity contribution < 1.29 is 9.18 Å². The number of nitrogens with one attached hydrogen (secondary N) is 1. The zero-order valence-electron chi connectivity index (χ0n) is 11.0. The summed E-state index contributed by atoms with van der Waals surface area (Å²) < 4.78 is 15.3. The first-order valence-electron chi connectivity index (χ1n) is 6.32. The molecule has 2 aromatic rings. The van der Waals surface area contributed by atoms with E-state index in [1.165, 1.54) is 18.0 Å². The third kappa shape index (κ3) is 2.16. The summed E-state index contributed by atoms with van der Waals surface area (Å²) in [5.41, 5.74) is 0.431. The summed E-state index contributed by atoms with van der Waals surface area (Å²) in [5, 5.41) is 10.9. The van der Waals surface area contributed by atoms with Gasteiger partial charge in [0.15, 0.2) is 5.69 Å². The average Bonchev–Trinajstić information content (AvgIpc) is 2.85. The summed E-state index contributed by atoms with van der Waals surface area (Å²) in [6.07, 6.45) is 1.60. The van der Waals surface area contributed by atoms with E-state index in [1.54, 1.807) is 29.1 Å². The molecular formula is C13H14FN5O. The van der Waals surface area contributed by atoms with E-state index in [2.05, 4.69) is 15.6 Å². The lowest BCUT2D eigenvalue weighted by atomic mass is 10.2. The van der Waals surface area contributed by atoms with Gasteiger partial charge in [0.1, 0.15) is 5.82 Å². The van der Waals surface area contributed by atoms with Crippen molar-refractivity contribution >= 4 is 11.6 Å². The maximum Gasteiger partial charge on any atom is 0.280 e. The van der Waals surface area contributed by atoms with Crippen LogP contribution < -0.4 is 10.2 Å². The zero-order chi connectivity index (χ0) is 14.1. The van der Waals surface area contributed by atoms with Crippen LogP contribution in [0.25, 0.3) is 0 Å². The largest absolute Gasteiger partial charge is 0.312 e. The van der Waals surface area contributed by atoms with Crippen LogP contribution in [0.4, 0.5) is 10.1 Å². The molecule has 2 heterocycles. The van der Waals surface area contributed by atoms with Crippen LogP contribution in [-0.2, 0) is 0 Å². The quantitative estimate of drug-likeness (QED) is 0.901. The molecule has 1 aliphatic rings. The van der Waals surface area contributed by atoms with Crippen molar-refractivity contribution in [1.29, 1.82) is 0 Å². The van der Waals surface area contributed by atoms with Crippen molar-refractivity contribution in [2.24, 2.45) is 0 Å². The molecule has 1 aromatic carbocycles. The Morgan fingerprint density at radius 1 is 1.45 bits per heavy atom. The van der Waals surface area contributed by atoms with Gasteiger partial charge in [-0.15, -0.1) is 5.10 Å². The van der Waals surface area contributed by atoms with E-state index < -0.39 is 5.82 Å². The standard InChI is InChI=1S/C13H14FN5O/c1-18(12-5-3-2-4-10(12)14)13(20)11-8-19(17-16-11)9-6-15-7-9/h2-5,8-9,15H,6-7H2,1H3. The average molecular weight is 275 g/mol. The Bertz CT molecular complexity index is 637. The SMILES string of the molecule is CN(C(=O)c1cn(C2CNC2)nn1)c1ccccc1F. The summed E-state index contributed by atoms with van der Waals surface area (Å²) in [5.74, 6) is -0.826. The fourth-order valence-corrected chi connectivity index (χ4v) is 2.02. The highest BCUT2D eigenvalue weighted by molar-refractivity contribution is 6.04. The van der Waals surface area contributed by atoms with Gasteiger partial charge in [-0.05, 0) is 12.1 Å². The molecule has 1 aromatic heterocycles. The molecule has 1 fully saturated rings. The Morgan fingerprint density at radius 3 is 2.85 bits per heavy atom. The second-order valence-electron chi connectivity index (χ2n) is 4.71. The highest BCUT2D eigenvalue weighted by Gasteiger charge is 2.24. The monoisotopic (exact) mass is 275 g/mol. The van der Waals surface area contributed by atoms with E-state index in [4.69, 9.17) is 0 Å². The van der Waals surface area contributed by atoms with E-state index >= 15 is 0 Å². The smallest absolute Gasteiger partial charge is 0.280 e. The van der Waals surface area contributed by atoms with Crippen molar-refractivity contribution in [1.82, 2.24) is 20.3 Å². The van der Waals surface area contributed by atoms with Crippen molar-refractivity contribution in [2.45, 2.75) is 6.04 Å². The molecule has 0 spiro atoms. The maximum absolute atomic E-state index is 13.7. The fourth-order valence-electron chi connectivity index (χ4n) is 2.02. The number of anilines is 1. The zero-order valence-corrected chi connectivity index (χ0v) is 11.0. The third-order valence-corrected chi connectivity index (χ3v) is 3.38. The van der Waals surface area contributed by atoms with Crippen LogP contribution in [0.3, 0.4) is 0 Å². The van der Waals surface area contributed by atoms with E-state index in [-0.39, 0.29) is 23.3 Å². The first-order chi connectivity index (χ1) is 9.66. The molecule has 104 valence electrons. The number of para-hydroxylation sites is 1. The molecule has 6 nitrogen and oxygen atoms in total. The summed E-state index contributed by atoms with van der Waals surface area (Å²) in [6.45, 7) is 1.64. The minimum absolute atomic E-state index is 0.211. The minimum atomic E-state index is -0.445. The molecule has 1 N–H and O–H groups in total. The van der Waals surface area contributed by atoms with E-state index in [0.717, 1.165) is 13.1 Å². The molecule has 1 saturated heterocycles. The number of benzene rings is 1. The Labute approximate surface area is 115 Å². The number of rotatable bonds is 3. The Hall–Kier alpha value is -2.28. The van der Waals surface area contributed by atoms with Gasteiger partial charge in [0.05, 0.1) is 17.9 Å². The molecule has 7 heteroatoms. The highest BCUT2D eigenvalue weighted by atomic mass is 19.1. The Balaban J connectivity index is 1.81. The van der Waals surface area contributed by atoms with Gasteiger partial charge in [0.2, 0.25) is 0 Å². The number of carbonyl (C=O) groups excluding carboxylic acids is 1. The lowest BCUT2D eigenvalue weighted by Crippen LogP contribution is -2.43. The van der Waals surface area contributed by atoms with Crippen LogP contribution in [0.15, 0.2) is 30.5 Å². The molecule has 0 saturated carbocycles. The number of nitrogens with zero attached hydrogens (tertiary/aromatic N) is 4. The first-order valence-corrected chi connectivity index (χ1v) is 6.32. The van der Waals surface area contributed by atoms with E-state index in [0.29, 0.717) is 0 Å². The van der Waals surface area contributed by atoms with Crippen LogP contribution in [0.1, 0.15) is 16.5 Å². The van der Waals surface area contributed by atoms with Crippen LogP contribution in [0.5, 0.6) is 0 Å². The first kappa shape index (κ1) is 12.7. The van der Waals surface area contributed by atoms with Crippen LogP contribution in [0.2, 0.25) is 0 Å². The Morgan fingerprint density at radius 2 is 2.20 bits per heavy atom. The van der Waals surface area contributed by atoms with Crippen LogP contribution in [-0.4, -0.2) is 41.0 Å². The molecule has 0 aliphatic carbocycles. The number of carbonyl (C=O) groups is 1. The van der Waals surface area contributed by atoms with Gasteiger partial charge in [0, 0.05) is 20.1 Å². The fraction of sp³-hybridized carbons (Fsp3) is 0.308. The van der Waals surface area contributed by atoms with Gasteiger partial charge in [-0.2, -0.15) is 0 Å². The predicted octanol–water partition coefficient (Wildman–Crippen LogP) is 0.838. The molecule has 20 heavy (non-hydrogen) atoms.